The van der Waals surface area contributed by atoms with E-state index in [0.29, 0.717) is 17.6 Å². The molecule has 0 fully saturated rings. The summed E-state index contributed by atoms with van der Waals surface area (Å²) in [6.45, 7) is 2.85. The average molecular weight is 390 g/mol. The number of alkyl halides is 4. The van der Waals surface area contributed by atoms with Crippen LogP contribution in [0.3, 0.4) is 0 Å². The summed E-state index contributed by atoms with van der Waals surface area (Å²) in [5, 5.41) is 0.751. The van der Waals surface area contributed by atoms with Crippen molar-refractivity contribution in [2.45, 2.75) is 19.5 Å². The molecular weight excluding hydrogens is 377 g/mol. The van der Waals surface area contributed by atoms with Crippen LogP contribution in [0.1, 0.15) is 18.9 Å². The van der Waals surface area contributed by atoms with Crippen molar-refractivity contribution in [3.63, 3.8) is 0 Å². The van der Waals surface area contributed by atoms with Gasteiger partial charge in [0.25, 0.3) is 0 Å². The molecule has 0 unspecified atom stereocenters. The smallest absolute Gasteiger partial charge is 0.356 e. The highest BCUT2D eigenvalue weighted by Gasteiger charge is 2.35. The molecule has 0 N–H and O–H groups in total. The minimum Gasteiger partial charge on any atom is -0.356 e. The molecule has 1 aromatic heterocycles. The van der Waals surface area contributed by atoms with Gasteiger partial charge < -0.3 is 4.90 Å². The lowest BCUT2D eigenvalue weighted by Crippen LogP contribution is -2.28. The van der Waals surface area contributed by atoms with Crippen LogP contribution in [0.15, 0.2) is 16.7 Å². The van der Waals surface area contributed by atoms with Crippen LogP contribution >= 0.6 is 31.9 Å². The summed E-state index contributed by atoms with van der Waals surface area (Å²) >= 11 is 6.30. The van der Waals surface area contributed by atoms with E-state index >= 15 is 0 Å². The van der Waals surface area contributed by atoms with Crippen molar-refractivity contribution in [1.29, 1.82) is 0 Å². The second-order valence-corrected chi connectivity index (χ2v) is 5.35. The molecule has 1 heterocycles. The third-order valence-corrected chi connectivity index (χ3v) is 3.38. The van der Waals surface area contributed by atoms with Crippen molar-refractivity contribution in [3.8, 4) is 0 Å². The highest BCUT2D eigenvalue weighted by molar-refractivity contribution is 9.10. The lowest BCUT2D eigenvalue weighted by molar-refractivity contribution is -0.137. The van der Waals surface area contributed by atoms with Gasteiger partial charge in [-0.05, 0) is 35.3 Å². The lowest BCUT2D eigenvalue weighted by atomic mass is 10.2. The van der Waals surface area contributed by atoms with Gasteiger partial charge in [0.15, 0.2) is 0 Å². The van der Waals surface area contributed by atoms with E-state index in [2.05, 4.69) is 36.8 Å². The Hall–Kier alpha value is -0.300. The molecule has 102 valence electrons. The molecule has 7 heteroatoms. The molecule has 0 aromatic carbocycles. The summed E-state index contributed by atoms with van der Waals surface area (Å²) in [7, 11) is 0. The van der Waals surface area contributed by atoms with Crippen molar-refractivity contribution in [3.05, 3.63) is 22.3 Å². The van der Waals surface area contributed by atoms with Gasteiger partial charge in [0.1, 0.15) is 5.82 Å². The van der Waals surface area contributed by atoms with Gasteiger partial charge in [-0.25, -0.2) is 4.98 Å². The Morgan fingerprint density at radius 2 is 2.06 bits per heavy atom. The van der Waals surface area contributed by atoms with Crippen LogP contribution in [0.5, 0.6) is 0 Å². The molecule has 1 rings (SSSR count). The van der Waals surface area contributed by atoms with Crippen molar-refractivity contribution in [2.24, 2.45) is 0 Å². The Morgan fingerprint density at radius 1 is 1.39 bits per heavy atom. The number of anilines is 1. The Kier molecular flexibility index (Phi) is 5.91. The molecule has 0 radical (unpaired) electrons. The van der Waals surface area contributed by atoms with Crippen LogP contribution in [0.2, 0.25) is 0 Å². The van der Waals surface area contributed by atoms with E-state index in [0.717, 1.165) is 17.8 Å². The first-order chi connectivity index (χ1) is 8.40. The Labute approximate surface area is 121 Å². The third kappa shape index (κ3) is 4.12. The molecule has 1 aromatic rings. The predicted molar refractivity (Wildman–Crippen MR) is 73.2 cm³/mol. The topological polar surface area (TPSA) is 16.1 Å². The number of aromatic nitrogens is 1. The van der Waals surface area contributed by atoms with Gasteiger partial charge in [-0.15, -0.1) is 0 Å². The number of rotatable bonds is 5. The van der Waals surface area contributed by atoms with Crippen molar-refractivity contribution >= 4 is 37.7 Å². The fourth-order valence-electron chi connectivity index (χ4n) is 1.56. The molecule has 0 saturated carbocycles. The second kappa shape index (κ2) is 6.75. The SMILES string of the molecule is CCN(CCCBr)c1ncc(Br)cc1C(F)(F)F. The van der Waals surface area contributed by atoms with Crippen LogP contribution < -0.4 is 4.90 Å². The summed E-state index contributed by atoms with van der Waals surface area (Å²) in [5.41, 5.74) is -0.701. The van der Waals surface area contributed by atoms with E-state index in [1.165, 1.54) is 6.20 Å². The van der Waals surface area contributed by atoms with Gasteiger partial charge in [-0.1, -0.05) is 15.9 Å². The van der Waals surface area contributed by atoms with Crippen molar-refractivity contribution < 1.29 is 13.2 Å². The van der Waals surface area contributed by atoms with Gasteiger partial charge in [-0.2, -0.15) is 13.2 Å². The van der Waals surface area contributed by atoms with Crippen LogP contribution in [-0.4, -0.2) is 23.4 Å². The van der Waals surface area contributed by atoms with E-state index in [4.69, 9.17) is 0 Å². The quantitative estimate of drug-likeness (QED) is 0.690. The molecule has 0 aliphatic heterocycles. The largest absolute Gasteiger partial charge is 0.419 e. The zero-order chi connectivity index (χ0) is 13.8. The summed E-state index contributed by atoms with van der Waals surface area (Å²) in [5.74, 6) is -0.00542. The van der Waals surface area contributed by atoms with E-state index < -0.39 is 11.7 Å². The zero-order valence-corrected chi connectivity index (χ0v) is 12.9. The minimum atomic E-state index is -4.39. The molecule has 2 nitrogen and oxygen atoms in total. The van der Waals surface area contributed by atoms with Gasteiger partial charge in [0.05, 0.1) is 5.56 Å². The van der Waals surface area contributed by atoms with Gasteiger partial charge in [0, 0.05) is 29.1 Å². The number of hydrogen-bond acceptors (Lipinski definition) is 2. The summed E-state index contributed by atoms with van der Waals surface area (Å²) in [6, 6.07) is 1.07. The molecule has 0 atom stereocenters. The maximum absolute atomic E-state index is 13.0. The number of hydrogen-bond donors (Lipinski definition) is 0. The summed E-state index contributed by atoms with van der Waals surface area (Å²) in [6.07, 6.45) is -2.24. The number of nitrogens with zero attached hydrogens (tertiary/aromatic N) is 2. The monoisotopic (exact) mass is 388 g/mol. The Balaban J connectivity index is 3.13. The fraction of sp³-hybridized carbons (Fsp3) is 0.545. The minimum absolute atomic E-state index is 0.00542. The molecular formula is C11H13Br2F3N2. The first-order valence-corrected chi connectivity index (χ1v) is 7.35. The average Bonchev–Trinajstić information content (AvgIpc) is 2.30. The predicted octanol–water partition coefficient (Wildman–Crippen LogP) is 4.47. The maximum Gasteiger partial charge on any atom is 0.419 e. The first-order valence-electron chi connectivity index (χ1n) is 5.43. The summed E-state index contributed by atoms with van der Waals surface area (Å²) in [4.78, 5) is 5.55. The zero-order valence-electron chi connectivity index (χ0n) is 9.77. The molecule has 0 spiro atoms. The van der Waals surface area contributed by atoms with E-state index in [-0.39, 0.29) is 5.82 Å². The molecule has 0 bridgehead atoms. The van der Waals surface area contributed by atoms with E-state index in [1.54, 1.807) is 4.90 Å². The Bertz CT molecular complexity index is 396. The summed E-state index contributed by atoms with van der Waals surface area (Å²) < 4.78 is 39.2. The fourth-order valence-corrected chi connectivity index (χ4v) is 2.14. The standard InChI is InChI=1S/C11H13Br2F3N2/c1-2-18(5-3-4-12)10-9(11(14,15)16)6-8(13)7-17-10/h6-7H,2-5H2,1H3. The van der Waals surface area contributed by atoms with Gasteiger partial charge >= 0.3 is 6.18 Å². The molecule has 0 saturated heterocycles. The Morgan fingerprint density at radius 3 is 2.56 bits per heavy atom. The molecule has 0 aliphatic rings. The second-order valence-electron chi connectivity index (χ2n) is 3.64. The van der Waals surface area contributed by atoms with Crippen molar-refractivity contribution in [2.75, 3.05) is 23.3 Å². The van der Waals surface area contributed by atoms with Crippen molar-refractivity contribution in [1.82, 2.24) is 4.98 Å². The van der Waals surface area contributed by atoms with Crippen LogP contribution in [0, 0.1) is 0 Å². The first kappa shape index (κ1) is 15.8. The van der Waals surface area contributed by atoms with Gasteiger partial charge in [-0.3, -0.25) is 0 Å². The molecule has 18 heavy (non-hydrogen) atoms. The molecule has 0 amide bonds. The highest BCUT2D eigenvalue weighted by atomic mass is 79.9. The van der Waals surface area contributed by atoms with E-state index in [9.17, 15) is 13.2 Å². The van der Waals surface area contributed by atoms with Gasteiger partial charge in [0.2, 0.25) is 0 Å². The van der Waals surface area contributed by atoms with Crippen LogP contribution in [0.25, 0.3) is 0 Å². The third-order valence-electron chi connectivity index (χ3n) is 2.38. The van der Waals surface area contributed by atoms with E-state index in [1.807, 2.05) is 6.92 Å². The number of halogens is 5. The normalized spacial score (nSPS) is 11.7. The lowest BCUT2D eigenvalue weighted by Gasteiger charge is -2.25. The maximum atomic E-state index is 13.0. The van der Waals surface area contributed by atoms with Crippen LogP contribution in [0.4, 0.5) is 19.0 Å². The number of pyridine rings is 1. The highest BCUT2D eigenvalue weighted by Crippen LogP contribution is 2.36. The molecule has 0 aliphatic carbocycles. The van der Waals surface area contributed by atoms with Crippen LogP contribution in [-0.2, 0) is 6.18 Å².